The Labute approximate surface area is 169 Å². The minimum atomic E-state index is -3.04. The highest BCUT2D eigenvalue weighted by molar-refractivity contribution is 7.91. The van der Waals surface area contributed by atoms with Crippen LogP contribution in [0.25, 0.3) is 11.4 Å². The first kappa shape index (κ1) is 19.7. The third kappa shape index (κ3) is 4.21. The SMILES string of the molecule is Cn1cccc1-c1cc2n(n1)CCCN2C(=O)CCC(=O)NC1CCS(=O)(=O)C1. The number of amides is 2. The van der Waals surface area contributed by atoms with E-state index < -0.39 is 9.84 Å². The molecule has 2 aromatic rings. The van der Waals surface area contributed by atoms with Crippen molar-refractivity contribution in [1.29, 1.82) is 0 Å². The van der Waals surface area contributed by atoms with Gasteiger partial charge in [-0.2, -0.15) is 5.10 Å². The molecule has 0 radical (unpaired) electrons. The smallest absolute Gasteiger partial charge is 0.228 e. The lowest BCUT2D eigenvalue weighted by molar-refractivity contribution is -0.125. The zero-order chi connectivity index (χ0) is 20.6. The maximum Gasteiger partial charge on any atom is 0.228 e. The Morgan fingerprint density at radius 3 is 2.79 bits per heavy atom. The predicted molar refractivity (Wildman–Crippen MR) is 108 cm³/mol. The van der Waals surface area contributed by atoms with Crippen molar-refractivity contribution in [3.63, 3.8) is 0 Å². The van der Waals surface area contributed by atoms with E-state index in [1.807, 2.05) is 40.7 Å². The molecule has 0 bridgehead atoms. The standard InChI is InChI=1S/C19H25N5O4S/c1-22-8-2-4-16(22)15-12-18-23(9-3-10-24(18)21-15)19(26)6-5-17(25)20-14-7-11-29(27,28)13-14/h2,4,8,12,14H,3,5-7,9-11,13H2,1H3,(H,20,25). The summed E-state index contributed by atoms with van der Waals surface area (Å²) in [6.45, 7) is 1.35. The van der Waals surface area contributed by atoms with Gasteiger partial charge in [-0.05, 0) is 25.0 Å². The maximum absolute atomic E-state index is 12.8. The van der Waals surface area contributed by atoms with Crippen LogP contribution in [0.3, 0.4) is 0 Å². The van der Waals surface area contributed by atoms with Crippen molar-refractivity contribution in [2.45, 2.75) is 38.3 Å². The molecule has 9 nitrogen and oxygen atoms in total. The molecule has 2 amide bonds. The van der Waals surface area contributed by atoms with Gasteiger partial charge in [0.05, 0.1) is 17.2 Å². The molecule has 10 heteroatoms. The number of rotatable bonds is 5. The van der Waals surface area contributed by atoms with Gasteiger partial charge in [0.15, 0.2) is 9.84 Å². The Morgan fingerprint density at radius 1 is 1.28 bits per heavy atom. The largest absolute Gasteiger partial charge is 0.352 e. The van der Waals surface area contributed by atoms with Gasteiger partial charge in [-0.1, -0.05) is 0 Å². The molecule has 2 aromatic heterocycles. The van der Waals surface area contributed by atoms with E-state index in [2.05, 4.69) is 10.4 Å². The molecule has 0 saturated carbocycles. The number of aryl methyl sites for hydroxylation is 2. The number of anilines is 1. The van der Waals surface area contributed by atoms with Crippen LogP contribution in [0.15, 0.2) is 24.4 Å². The van der Waals surface area contributed by atoms with E-state index in [4.69, 9.17) is 0 Å². The normalized spacial score (nSPS) is 20.4. The first-order chi connectivity index (χ1) is 13.8. The molecular formula is C19H25N5O4S. The molecule has 1 saturated heterocycles. The summed E-state index contributed by atoms with van der Waals surface area (Å²) in [6.07, 6.45) is 3.32. The van der Waals surface area contributed by atoms with Crippen LogP contribution in [-0.2, 0) is 33.0 Å². The van der Waals surface area contributed by atoms with Crippen molar-refractivity contribution < 1.29 is 18.0 Å². The molecule has 156 valence electrons. The molecule has 1 unspecified atom stereocenters. The fourth-order valence-electron chi connectivity index (χ4n) is 3.95. The summed E-state index contributed by atoms with van der Waals surface area (Å²) in [5.74, 6) is 0.437. The third-order valence-corrected chi connectivity index (χ3v) is 7.23. The van der Waals surface area contributed by atoms with Crippen molar-refractivity contribution in [3.05, 3.63) is 24.4 Å². The van der Waals surface area contributed by atoms with Crippen LogP contribution in [0.2, 0.25) is 0 Å². The summed E-state index contributed by atoms with van der Waals surface area (Å²) < 4.78 is 26.8. The van der Waals surface area contributed by atoms with Crippen LogP contribution < -0.4 is 10.2 Å². The van der Waals surface area contributed by atoms with Crippen molar-refractivity contribution in [3.8, 4) is 11.4 Å². The van der Waals surface area contributed by atoms with E-state index in [1.54, 1.807) is 4.90 Å². The second-order valence-electron chi connectivity index (χ2n) is 7.68. The Balaban J connectivity index is 1.38. The summed E-state index contributed by atoms with van der Waals surface area (Å²) in [7, 11) is -1.09. The molecule has 4 rings (SSSR count). The van der Waals surface area contributed by atoms with Crippen molar-refractivity contribution in [2.75, 3.05) is 23.0 Å². The number of carbonyl (C=O) groups excluding carboxylic acids is 2. The number of hydrogen-bond donors (Lipinski definition) is 1. The summed E-state index contributed by atoms with van der Waals surface area (Å²) >= 11 is 0. The van der Waals surface area contributed by atoms with Gasteiger partial charge in [0.25, 0.3) is 0 Å². The van der Waals surface area contributed by atoms with E-state index in [9.17, 15) is 18.0 Å². The summed E-state index contributed by atoms with van der Waals surface area (Å²) in [6, 6.07) is 5.50. The van der Waals surface area contributed by atoms with Crippen LogP contribution in [-0.4, -0.2) is 58.7 Å². The molecule has 29 heavy (non-hydrogen) atoms. The molecule has 2 aliphatic rings. The second-order valence-corrected chi connectivity index (χ2v) is 9.91. The molecule has 4 heterocycles. The number of carbonyl (C=O) groups is 2. The first-order valence-corrected chi connectivity index (χ1v) is 11.6. The Bertz CT molecular complexity index is 1040. The van der Waals surface area contributed by atoms with Crippen LogP contribution in [0.5, 0.6) is 0 Å². The predicted octanol–water partition coefficient (Wildman–Crippen LogP) is 0.709. The molecule has 1 N–H and O–H groups in total. The molecule has 2 aliphatic heterocycles. The summed E-state index contributed by atoms with van der Waals surface area (Å²) in [5, 5.41) is 7.36. The summed E-state index contributed by atoms with van der Waals surface area (Å²) in [5.41, 5.74) is 1.79. The number of aromatic nitrogens is 3. The van der Waals surface area contributed by atoms with Gasteiger partial charge in [0.1, 0.15) is 11.5 Å². The minimum Gasteiger partial charge on any atom is -0.352 e. The average Bonchev–Trinajstić information content (AvgIpc) is 3.37. The number of fused-ring (bicyclic) bond motifs is 1. The lowest BCUT2D eigenvalue weighted by Crippen LogP contribution is -2.39. The van der Waals surface area contributed by atoms with Crippen molar-refractivity contribution >= 4 is 27.5 Å². The zero-order valence-corrected chi connectivity index (χ0v) is 17.2. The van der Waals surface area contributed by atoms with E-state index in [1.165, 1.54) is 0 Å². The highest BCUT2D eigenvalue weighted by Crippen LogP contribution is 2.28. The van der Waals surface area contributed by atoms with Crippen LogP contribution >= 0.6 is 0 Å². The number of nitrogens with zero attached hydrogens (tertiary/aromatic N) is 4. The van der Waals surface area contributed by atoms with Gasteiger partial charge >= 0.3 is 0 Å². The first-order valence-electron chi connectivity index (χ1n) is 9.82. The fraction of sp³-hybridized carbons (Fsp3) is 0.526. The number of hydrogen-bond acceptors (Lipinski definition) is 5. The molecule has 0 aliphatic carbocycles. The monoisotopic (exact) mass is 419 g/mol. The van der Waals surface area contributed by atoms with Gasteiger partial charge in [-0.25, -0.2) is 13.1 Å². The highest BCUT2D eigenvalue weighted by Gasteiger charge is 2.30. The Morgan fingerprint density at radius 2 is 2.10 bits per heavy atom. The van der Waals surface area contributed by atoms with Crippen LogP contribution in [0, 0.1) is 0 Å². The Kier molecular flexibility index (Phi) is 5.20. The number of nitrogens with one attached hydrogen (secondary N) is 1. The van der Waals surface area contributed by atoms with Gasteiger partial charge in [0, 0.05) is 51.3 Å². The van der Waals surface area contributed by atoms with Gasteiger partial charge in [0.2, 0.25) is 11.8 Å². The van der Waals surface area contributed by atoms with Crippen molar-refractivity contribution in [2.24, 2.45) is 7.05 Å². The second kappa shape index (κ2) is 7.66. The van der Waals surface area contributed by atoms with Gasteiger partial charge in [-0.15, -0.1) is 0 Å². The molecule has 0 spiro atoms. The lowest BCUT2D eigenvalue weighted by atomic mass is 10.2. The number of sulfone groups is 1. The van der Waals surface area contributed by atoms with Crippen LogP contribution in [0.4, 0.5) is 5.82 Å². The lowest BCUT2D eigenvalue weighted by Gasteiger charge is -2.27. The van der Waals surface area contributed by atoms with Gasteiger partial charge in [-0.3, -0.25) is 14.5 Å². The van der Waals surface area contributed by atoms with Gasteiger partial charge < -0.3 is 9.88 Å². The average molecular weight is 420 g/mol. The topological polar surface area (TPSA) is 106 Å². The van der Waals surface area contributed by atoms with E-state index in [0.29, 0.717) is 13.0 Å². The van der Waals surface area contributed by atoms with E-state index >= 15 is 0 Å². The molecule has 1 fully saturated rings. The maximum atomic E-state index is 12.8. The third-order valence-electron chi connectivity index (χ3n) is 5.46. The highest BCUT2D eigenvalue weighted by atomic mass is 32.2. The molecule has 1 atom stereocenters. The minimum absolute atomic E-state index is 0.0140. The zero-order valence-electron chi connectivity index (χ0n) is 16.4. The van der Waals surface area contributed by atoms with E-state index in [-0.39, 0.29) is 42.2 Å². The summed E-state index contributed by atoms with van der Waals surface area (Å²) in [4.78, 5) is 26.6. The molecule has 0 aromatic carbocycles. The quantitative estimate of drug-likeness (QED) is 0.768. The Hall–Kier alpha value is -2.62. The van der Waals surface area contributed by atoms with Crippen molar-refractivity contribution in [1.82, 2.24) is 19.7 Å². The fourth-order valence-corrected chi connectivity index (χ4v) is 5.62. The molecular weight excluding hydrogens is 394 g/mol. The van der Waals surface area contributed by atoms with Crippen LogP contribution in [0.1, 0.15) is 25.7 Å². The van der Waals surface area contributed by atoms with E-state index in [0.717, 1.165) is 30.2 Å².